The van der Waals surface area contributed by atoms with Crippen molar-refractivity contribution in [1.82, 2.24) is 14.8 Å². The van der Waals surface area contributed by atoms with Gasteiger partial charge in [-0.3, -0.25) is 24.4 Å². The molecule has 180 valence electrons. The lowest BCUT2D eigenvalue weighted by atomic mass is 10.0. The van der Waals surface area contributed by atoms with Crippen LogP contribution in [0, 0.1) is 29.9 Å². The summed E-state index contributed by atoms with van der Waals surface area (Å²) in [5, 5.41) is 18.6. The first-order chi connectivity index (χ1) is 16.0. The highest BCUT2D eigenvalue weighted by atomic mass is 32.1. The van der Waals surface area contributed by atoms with Crippen LogP contribution in [0.15, 0.2) is 6.07 Å². The minimum atomic E-state index is -2.77. The van der Waals surface area contributed by atoms with E-state index in [-0.39, 0.29) is 44.9 Å². The first kappa shape index (κ1) is 23.7. The molecule has 3 aromatic rings. The molecular weight excluding hydrogens is 470 g/mol. The highest BCUT2D eigenvalue weighted by Crippen LogP contribution is 2.48. The second-order valence-corrected chi connectivity index (χ2v) is 9.41. The van der Waals surface area contributed by atoms with Crippen LogP contribution in [0.2, 0.25) is 0 Å². The summed E-state index contributed by atoms with van der Waals surface area (Å²) in [5.41, 5.74) is 6.37. The lowest BCUT2D eigenvalue weighted by Crippen LogP contribution is -2.26. The molecule has 1 fully saturated rings. The average molecular weight is 493 g/mol. The maximum absolute atomic E-state index is 13.4. The zero-order chi connectivity index (χ0) is 24.9. The van der Waals surface area contributed by atoms with E-state index in [1.165, 1.54) is 17.7 Å². The number of carbonyl (C=O) groups is 2. The molecular formula is C21H22F2N6O4S. The predicted molar refractivity (Wildman–Crippen MR) is 121 cm³/mol. The van der Waals surface area contributed by atoms with Crippen molar-refractivity contribution >= 4 is 44.7 Å². The van der Waals surface area contributed by atoms with Gasteiger partial charge in [-0.05, 0) is 44.2 Å². The van der Waals surface area contributed by atoms with E-state index in [9.17, 15) is 28.5 Å². The monoisotopic (exact) mass is 492 g/mol. The lowest BCUT2D eigenvalue weighted by Gasteiger charge is -2.15. The van der Waals surface area contributed by atoms with Gasteiger partial charge in [0.25, 0.3) is 12.3 Å². The summed E-state index contributed by atoms with van der Waals surface area (Å²) >= 11 is 0.865. The molecule has 0 aromatic carbocycles. The van der Waals surface area contributed by atoms with Crippen molar-refractivity contribution in [3.8, 4) is 0 Å². The third-order valence-corrected chi connectivity index (χ3v) is 6.94. The van der Waals surface area contributed by atoms with Gasteiger partial charge in [0.05, 0.1) is 23.1 Å². The fourth-order valence-electron chi connectivity index (χ4n) is 3.99. The summed E-state index contributed by atoms with van der Waals surface area (Å²) in [5.74, 6) is -1.93. The Bertz CT molecular complexity index is 1330. The SMILES string of the molecule is Cc1nn(CC(C)C(=O)Nc2c(C(N)=O)sc3nc(C(F)F)cc(C4CC4)c23)c(C)c1[N+](=O)[O-]. The third kappa shape index (κ3) is 4.22. The molecule has 3 N–H and O–H groups in total. The van der Waals surface area contributed by atoms with Gasteiger partial charge in [0.1, 0.15) is 26.8 Å². The summed E-state index contributed by atoms with van der Waals surface area (Å²) < 4.78 is 28.2. The van der Waals surface area contributed by atoms with Crippen LogP contribution in [0.3, 0.4) is 0 Å². The van der Waals surface area contributed by atoms with Crippen molar-refractivity contribution in [1.29, 1.82) is 0 Å². The predicted octanol–water partition coefficient (Wildman–Crippen LogP) is 4.21. The molecule has 1 unspecified atom stereocenters. The quantitative estimate of drug-likeness (QED) is 0.356. The summed E-state index contributed by atoms with van der Waals surface area (Å²) in [6.45, 7) is 4.74. The third-order valence-electron chi connectivity index (χ3n) is 5.85. The molecule has 2 amide bonds. The second kappa shape index (κ2) is 8.70. The number of fused-ring (bicyclic) bond motifs is 1. The summed E-state index contributed by atoms with van der Waals surface area (Å²) in [7, 11) is 0. The average Bonchev–Trinajstić information content (AvgIpc) is 3.47. The number of hydrogen-bond donors (Lipinski definition) is 2. The first-order valence-electron chi connectivity index (χ1n) is 10.5. The molecule has 3 heterocycles. The van der Waals surface area contributed by atoms with Gasteiger partial charge in [-0.25, -0.2) is 13.8 Å². The molecule has 1 atom stereocenters. The van der Waals surface area contributed by atoms with Gasteiger partial charge >= 0.3 is 5.69 Å². The van der Waals surface area contributed by atoms with E-state index in [2.05, 4.69) is 15.4 Å². The Kier molecular flexibility index (Phi) is 6.06. The van der Waals surface area contributed by atoms with Crippen LogP contribution in [0.1, 0.15) is 64.4 Å². The minimum absolute atomic E-state index is 0.0260. The van der Waals surface area contributed by atoms with Crippen LogP contribution in [0.25, 0.3) is 10.2 Å². The standard InChI is InChI=1S/C21H22F2N6O4S/c1-8(7-28-10(3)16(29(32)33)9(2)27-28)20(31)26-15-14-12(11-4-5-11)6-13(18(22)23)25-21(14)34-17(15)19(24)30/h6,8,11,18H,4-5,7H2,1-3H3,(H2,24,30)(H,26,31). The molecule has 1 aliphatic rings. The van der Waals surface area contributed by atoms with Crippen molar-refractivity contribution in [2.45, 2.75) is 52.5 Å². The summed E-state index contributed by atoms with van der Waals surface area (Å²) in [6.07, 6.45) is -1.16. The zero-order valence-corrected chi connectivity index (χ0v) is 19.4. The fraction of sp³-hybridized carbons (Fsp3) is 0.429. The molecule has 0 aliphatic heterocycles. The van der Waals surface area contributed by atoms with Crippen LogP contribution in [0.5, 0.6) is 0 Å². The second-order valence-electron chi connectivity index (χ2n) is 8.41. The molecule has 0 saturated heterocycles. The van der Waals surface area contributed by atoms with Crippen molar-refractivity contribution in [2.75, 3.05) is 5.32 Å². The maximum Gasteiger partial charge on any atom is 0.312 e. The Morgan fingerprint density at radius 2 is 2.06 bits per heavy atom. The number of aromatic nitrogens is 3. The fourth-order valence-corrected chi connectivity index (χ4v) is 5.01. The van der Waals surface area contributed by atoms with Crippen LogP contribution >= 0.6 is 11.3 Å². The van der Waals surface area contributed by atoms with Gasteiger partial charge in [0.15, 0.2) is 0 Å². The number of halogens is 2. The van der Waals surface area contributed by atoms with Crippen molar-refractivity contribution in [3.05, 3.63) is 43.7 Å². The number of anilines is 1. The number of nitro groups is 1. The molecule has 10 nitrogen and oxygen atoms in total. The normalized spacial score (nSPS) is 14.5. The van der Waals surface area contributed by atoms with E-state index in [1.54, 1.807) is 13.8 Å². The molecule has 0 radical (unpaired) electrons. The molecule has 0 spiro atoms. The first-order valence-corrected chi connectivity index (χ1v) is 11.4. The molecule has 1 saturated carbocycles. The maximum atomic E-state index is 13.4. The van der Waals surface area contributed by atoms with E-state index >= 15 is 0 Å². The molecule has 0 bridgehead atoms. The number of alkyl halides is 2. The molecule has 34 heavy (non-hydrogen) atoms. The van der Waals surface area contributed by atoms with E-state index in [1.807, 2.05) is 0 Å². The molecule has 3 aromatic heterocycles. The number of nitrogens with two attached hydrogens (primary N) is 1. The van der Waals surface area contributed by atoms with Crippen LogP contribution < -0.4 is 11.1 Å². The van der Waals surface area contributed by atoms with Crippen molar-refractivity contribution in [3.63, 3.8) is 0 Å². The number of primary amides is 1. The highest BCUT2D eigenvalue weighted by molar-refractivity contribution is 7.21. The molecule has 4 rings (SSSR count). The van der Waals surface area contributed by atoms with E-state index in [0.717, 1.165) is 24.2 Å². The Morgan fingerprint density at radius 3 is 2.59 bits per heavy atom. The van der Waals surface area contributed by atoms with Gasteiger partial charge in [-0.2, -0.15) is 5.10 Å². The van der Waals surface area contributed by atoms with Crippen molar-refractivity contribution < 1.29 is 23.3 Å². The van der Waals surface area contributed by atoms with Crippen molar-refractivity contribution in [2.24, 2.45) is 11.7 Å². The Balaban J connectivity index is 1.69. The van der Waals surface area contributed by atoms with Gasteiger partial charge in [-0.15, -0.1) is 11.3 Å². The number of carbonyl (C=O) groups excluding carboxylic acids is 2. The minimum Gasteiger partial charge on any atom is -0.365 e. The highest BCUT2D eigenvalue weighted by Gasteiger charge is 2.32. The Morgan fingerprint density at radius 1 is 1.38 bits per heavy atom. The smallest absolute Gasteiger partial charge is 0.312 e. The topological polar surface area (TPSA) is 146 Å². The number of aryl methyl sites for hydroxylation is 1. The number of pyridine rings is 1. The van der Waals surface area contributed by atoms with Gasteiger partial charge in [-0.1, -0.05) is 6.92 Å². The van der Waals surface area contributed by atoms with E-state index in [0.29, 0.717) is 16.6 Å². The number of nitrogens with one attached hydrogen (secondary N) is 1. The number of rotatable bonds is 8. The zero-order valence-electron chi connectivity index (χ0n) is 18.6. The van der Waals surface area contributed by atoms with Gasteiger partial charge < -0.3 is 11.1 Å². The number of nitrogens with zero attached hydrogens (tertiary/aromatic N) is 4. The summed E-state index contributed by atoms with van der Waals surface area (Å²) in [6, 6.07) is 1.33. The van der Waals surface area contributed by atoms with Crippen LogP contribution in [-0.4, -0.2) is 31.5 Å². The largest absolute Gasteiger partial charge is 0.365 e. The number of amides is 2. The van der Waals surface area contributed by atoms with Gasteiger partial charge in [0.2, 0.25) is 5.91 Å². The summed E-state index contributed by atoms with van der Waals surface area (Å²) in [4.78, 5) is 40.2. The van der Waals surface area contributed by atoms with Crippen LogP contribution in [0.4, 0.5) is 20.2 Å². The van der Waals surface area contributed by atoms with E-state index < -0.39 is 29.1 Å². The van der Waals surface area contributed by atoms with E-state index in [4.69, 9.17) is 5.73 Å². The van der Waals surface area contributed by atoms with Gasteiger partial charge in [0, 0.05) is 5.39 Å². The van der Waals surface area contributed by atoms with Crippen LogP contribution in [-0.2, 0) is 11.3 Å². The number of hydrogen-bond acceptors (Lipinski definition) is 7. The number of thiophene rings is 1. The molecule has 13 heteroatoms. The Labute approximate surface area is 196 Å². The molecule has 1 aliphatic carbocycles. The Hall–Kier alpha value is -3.48. The lowest BCUT2D eigenvalue weighted by molar-refractivity contribution is -0.386.